The number of aryl methyl sites for hydroxylation is 1. The number of Topliss-reactive ketones (excluding diaryl/α,β-unsaturated/α-hetero) is 1. The summed E-state index contributed by atoms with van der Waals surface area (Å²) in [6.07, 6.45) is 6.01. The summed E-state index contributed by atoms with van der Waals surface area (Å²) >= 11 is 0. The maximum atomic E-state index is 14.0. The Hall–Kier alpha value is -2.51. The normalized spacial score (nSPS) is 36.8. The van der Waals surface area contributed by atoms with Gasteiger partial charge in [0, 0.05) is 18.3 Å². The molecule has 4 saturated carbocycles. The van der Waals surface area contributed by atoms with E-state index in [9.17, 15) is 18.0 Å². The van der Waals surface area contributed by atoms with E-state index >= 15 is 0 Å². The molecule has 0 bridgehead atoms. The van der Waals surface area contributed by atoms with Crippen molar-refractivity contribution in [3.63, 3.8) is 0 Å². The monoisotopic (exact) mass is 592 g/mol. The van der Waals surface area contributed by atoms with Crippen LogP contribution in [0.3, 0.4) is 0 Å². The molecule has 0 amide bonds. The van der Waals surface area contributed by atoms with Crippen LogP contribution in [0.1, 0.15) is 88.1 Å². The van der Waals surface area contributed by atoms with Crippen molar-refractivity contribution < 1.29 is 26.9 Å². The zero-order valence-electron chi connectivity index (χ0n) is 25.3. The third-order valence-electron chi connectivity index (χ3n) is 11.9. The van der Waals surface area contributed by atoms with Gasteiger partial charge in [0.15, 0.2) is 0 Å². The third kappa shape index (κ3) is 5.04. The number of hydrogen-bond acceptors (Lipinski definition) is 6. The predicted molar refractivity (Wildman–Crippen MR) is 160 cm³/mol. The summed E-state index contributed by atoms with van der Waals surface area (Å²) in [7, 11) is -3.85. The summed E-state index contributed by atoms with van der Waals surface area (Å²) in [5.41, 5.74) is 1.52. The van der Waals surface area contributed by atoms with E-state index in [1.165, 1.54) is 0 Å². The number of ketones is 1. The minimum Gasteiger partial charge on any atom is -0.459 e. The molecule has 4 aliphatic carbocycles. The van der Waals surface area contributed by atoms with Crippen LogP contribution in [0.25, 0.3) is 0 Å². The Kier molecular flexibility index (Phi) is 7.66. The second kappa shape index (κ2) is 10.9. The first-order valence-electron chi connectivity index (χ1n) is 15.7. The molecule has 6 rings (SSSR count). The second-order valence-corrected chi connectivity index (χ2v) is 15.6. The molecule has 0 unspecified atom stereocenters. The minimum absolute atomic E-state index is 0.00311. The fraction of sp³-hybridized carbons (Fsp3) is 0.600. The van der Waals surface area contributed by atoms with E-state index in [1.54, 1.807) is 36.4 Å². The van der Waals surface area contributed by atoms with Gasteiger partial charge in [0.25, 0.3) is 10.1 Å². The summed E-state index contributed by atoms with van der Waals surface area (Å²) < 4.78 is 37.8. The molecule has 7 heteroatoms. The van der Waals surface area contributed by atoms with Gasteiger partial charge in [-0.2, -0.15) is 8.42 Å². The number of carbonyl (C=O) groups excluding carboxylic acids is 2. The molecule has 0 heterocycles. The smallest absolute Gasteiger partial charge is 0.338 e. The number of fused-ring (bicyclic) bond motifs is 5. The fourth-order valence-electron chi connectivity index (χ4n) is 9.62. The van der Waals surface area contributed by atoms with E-state index in [4.69, 9.17) is 8.92 Å². The summed E-state index contributed by atoms with van der Waals surface area (Å²) in [6.45, 7) is 8.64. The van der Waals surface area contributed by atoms with E-state index in [0.29, 0.717) is 42.4 Å². The molecule has 4 aliphatic rings. The molecule has 0 saturated heterocycles. The van der Waals surface area contributed by atoms with E-state index < -0.39 is 16.2 Å². The van der Waals surface area contributed by atoms with Crippen LogP contribution in [0.5, 0.6) is 0 Å². The summed E-state index contributed by atoms with van der Waals surface area (Å²) in [6, 6.07) is 15.9. The first-order valence-corrected chi connectivity index (χ1v) is 17.1. The number of esters is 1. The van der Waals surface area contributed by atoms with Crippen LogP contribution in [0.15, 0.2) is 59.5 Å². The van der Waals surface area contributed by atoms with Crippen LogP contribution in [0.2, 0.25) is 0 Å². The lowest BCUT2D eigenvalue weighted by molar-refractivity contribution is -0.161. The molecular weight excluding hydrogens is 548 g/mol. The van der Waals surface area contributed by atoms with Crippen molar-refractivity contribution in [2.24, 2.45) is 40.4 Å². The van der Waals surface area contributed by atoms with E-state index in [2.05, 4.69) is 13.8 Å². The van der Waals surface area contributed by atoms with E-state index in [0.717, 1.165) is 37.7 Å². The minimum atomic E-state index is -3.85. The van der Waals surface area contributed by atoms with E-state index in [-0.39, 0.29) is 45.6 Å². The molecular formula is C35H44O6S. The highest BCUT2D eigenvalue weighted by molar-refractivity contribution is 7.86. The maximum Gasteiger partial charge on any atom is 0.338 e. The number of hydrogen-bond donors (Lipinski definition) is 0. The quantitative estimate of drug-likeness (QED) is 0.262. The first-order chi connectivity index (χ1) is 19.9. The lowest BCUT2D eigenvalue weighted by Gasteiger charge is -2.60. The van der Waals surface area contributed by atoms with Gasteiger partial charge >= 0.3 is 5.97 Å². The van der Waals surface area contributed by atoms with Gasteiger partial charge in [0.2, 0.25) is 0 Å². The average Bonchev–Trinajstić information content (AvgIpc) is 3.31. The molecule has 42 heavy (non-hydrogen) atoms. The third-order valence-corrected chi connectivity index (χ3v) is 13.3. The van der Waals surface area contributed by atoms with Gasteiger partial charge in [-0.15, -0.1) is 0 Å². The van der Waals surface area contributed by atoms with Crippen molar-refractivity contribution in [3.05, 3.63) is 65.7 Å². The maximum absolute atomic E-state index is 14.0. The standard InChI is InChI=1S/C35H44O6S/c1-22-10-12-27(13-11-22)42(38,39)41-26-16-18-34(3)25(20-26)21-31(36)32-29-15-14-28(35(29,4)19-17-30(32)34)23(2)40-33(37)24-8-6-5-7-9-24/h5-13,23,25-26,28-30,32H,14-21H2,1-4H3/t23-,25-,26+,28-,29+,30+,32+,34+,35-/m1/s1. The Bertz CT molecular complexity index is 1440. The van der Waals surface area contributed by atoms with Crippen LogP contribution in [-0.4, -0.2) is 32.4 Å². The highest BCUT2D eigenvalue weighted by Gasteiger charge is 2.63. The Morgan fingerprint density at radius 1 is 0.905 bits per heavy atom. The lowest BCUT2D eigenvalue weighted by Crippen LogP contribution is -2.57. The van der Waals surface area contributed by atoms with Crippen molar-refractivity contribution in [3.8, 4) is 0 Å². The number of rotatable bonds is 6. The number of carbonyl (C=O) groups is 2. The van der Waals surface area contributed by atoms with Gasteiger partial charge < -0.3 is 4.74 Å². The van der Waals surface area contributed by atoms with Gasteiger partial charge in [0.05, 0.1) is 16.6 Å². The van der Waals surface area contributed by atoms with Crippen molar-refractivity contribution in [1.29, 1.82) is 0 Å². The largest absolute Gasteiger partial charge is 0.459 e. The van der Waals surface area contributed by atoms with Gasteiger partial charge in [-0.3, -0.25) is 8.98 Å². The van der Waals surface area contributed by atoms with Crippen LogP contribution in [-0.2, 0) is 23.8 Å². The summed E-state index contributed by atoms with van der Waals surface area (Å²) in [5, 5.41) is 0. The van der Waals surface area contributed by atoms with Gasteiger partial charge in [-0.25, -0.2) is 4.79 Å². The van der Waals surface area contributed by atoms with Crippen LogP contribution < -0.4 is 0 Å². The molecule has 6 nitrogen and oxygen atoms in total. The SMILES string of the molecule is Cc1ccc(S(=O)(=O)O[C@H]2CC[C@@]3(C)[C@@H](CC(=O)[C@@H]4[C@@H]3CC[C@]3(C)[C@@H]([C@@H](C)OC(=O)c5ccccc5)CC[C@@H]43)C2)cc1. The van der Waals surface area contributed by atoms with Crippen LogP contribution in [0, 0.1) is 47.3 Å². The first kappa shape index (κ1) is 29.6. The molecule has 0 aromatic heterocycles. The van der Waals surface area contributed by atoms with Crippen LogP contribution >= 0.6 is 0 Å². The molecule has 0 aliphatic heterocycles. The van der Waals surface area contributed by atoms with Crippen molar-refractivity contribution in [1.82, 2.24) is 0 Å². The Labute approximate surface area is 250 Å². The molecule has 9 atom stereocenters. The van der Waals surface area contributed by atoms with Crippen molar-refractivity contribution in [2.45, 2.75) is 96.2 Å². The molecule has 2 aromatic carbocycles. The molecule has 2 aromatic rings. The van der Waals surface area contributed by atoms with Gasteiger partial charge in [-0.1, -0.05) is 49.7 Å². The number of ether oxygens (including phenoxy) is 1. The second-order valence-electron chi connectivity index (χ2n) is 14.1. The highest BCUT2D eigenvalue weighted by Crippen LogP contribution is 2.67. The molecule has 0 spiro atoms. The zero-order chi connectivity index (χ0) is 29.9. The Morgan fingerprint density at radius 3 is 2.29 bits per heavy atom. The lowest BCUT2D eigenvalue weighted by atomic mass is 9.44. The van der Waals surface area contributed by atoms with Gasteiger partial charge in [0.1, 0.15) is 11.9 Å². The molecule has 4 fully saturated rings. The molecule has 226 valence electrons. The predicted octanol–water partition coefficient (Wildman–Crippen LogP) is 7.15. The summed E-state index contributed by atoms with van der Waals surface area (Å²) in [5.74, 6) is 1.04. The van der Waals surface area contributed by atoms with Crippen molar-refractivity contribution >= 4 is 21.9 Å². The zero-order valence-corrected chi connectivity index (χ0v) is 26.1. The highest BCUT2D eigenvalue weighted by atomic mass is 32.2. The average molecular weight is 593 g/mol. The molecule has 0 N–H and O–H groups in total. The number of benzene rings is 2. The summed E-state index contributed by atoms with van der Waals surface area (Å²) in [4.78, 5) is 27.0. The topological polar surface area (TPSA) is 86.7 Å². The van der Waals surface area contributed by atoms with E-state index in [1.807, 2.05) is 32.0 Å². The van der Waals surface area contributed by atoms with Crippen LogP contribution in [0.4, 0.5) is 0 Å². The Morgan fingerprint density at radius 2 is 1.57 bits per heavy atom. The molecule has 0 radical (unpaired) electrons. The van der Waals surface area contributed by atoms with Crippen molar-refractivity contribution in [2.75, 3.05) is 0 Å². The Balaban J connectivity index is 1.15. The fourth-order valence-corrected chi connectivity index (χ4v) is 10.7. The van der Waals surface area contributed by atoms with Gasteiger partial charge in [-0.05, 0) is 112 Å².